The van der Waals surface area contributed by atoms with Gasteiger partial charge in [-0.2, -0.15) is 11.8 Å². The number of nitrogens with one attached hydrogen (secondary N) is 2. The molecule has 1 amide bonds. The number of amides is 1. The average Bonchev–Trinajstić information content (AvgIpc) is 2.67. The molecule has 0 atom stereocenters. The molecule has 0 fully saturated rings. The largest absolute Gasteiger partial charge is 0.473 e. The Morgan fingerprint density at radius 2 is 1.45 bits per heavy atom. The monoisotopic (exact) mass is 418 g/mol. The number of carboxylic acids is 2. The fourth-order valence-corrected chi connectivity index (χ4v) is 3.02. The van der Waals surface area contributed by atoms with Crippen LogP contribution in [0.5, 0.6) is 0 Å². The summed E-state index contributed by atoms with van der Waals surface area (Å²) in [4.78, 5) is 29.2. The van der Waals surface area contributed by atoms with Crippen LogP contribution in [0.4, 0.5) is 5.69 Å². The second kappa shape index (κ2) is 13.4. The molecule has 2 rings (SSSR count). The zero-order valence-electron chi connectivity index (χ0n) is 16.5. The lowest BCUT2D eigenvalue weighted by Gasteiger charge is -2.07. The summed E-state index contributed by atoms with van der Waals surface area (Å²) in [5, 5.41) is 21.0. The third-order valence-electron chi connectivity index (χ3n) is 3.60. The summed E-state index contributed by atoms with van der Waals surface area (Å²) in [5.41, 5.74) is 4.76. The predicted molar refractivity (Wildman–Crippen MR) is 115 cm³/mol. The first kappa shape index (κ1) is 24.2. The summed E-state index contributed by atoms with van der Waals surface area (Å²) in [5.74, 6) is -1.53. The number of rotatable bonds is 8. The molecule has 0 spiro atoms. The molecular formula is C21H26N2O5S. The van der Waals surface area contributed by atoms with Gasteiger partial charge in [-0.1, -0.05) is 42.0 Å². The maximum atomic E-state index is 11.0. The van der Waals surface area contributed by atoms with Gasteiger partial charge in [0.05, 0.1) is 0 Å². The Morgan fingerprint density at radius 1 is 0.897 bits per heavy atom. The van der Waals surface area contributed by atoms with Crippen LogP contribution in [0.2, 0.25) is 0 Å². The predicted octanol–water partition coefficient (Wildman–Crippen LogP) is 3.13. The van der Waals surface area contributed by atoms with Gasteiger partial charge in [-0.05, 0) is 30.2 Å². The summed E-state index contributed by atoms with van der Waals surface area (Å²) in [6.07, 6.45) is 0. The highest BCUT2D eigenvalue weighted by atomic mass is 32.2. The van der Waals surface area contributed by atoms with Crippen LogP contribution >= 0.6 is 11.8 Å². The number of hydrogen-bond donors (Lipinski definition) is 4. The number of carbonyl (C=O) groups is 3. The molecule has 8 heteroatoms. The summed E-state index contributed by atoms with van der Waals surface area (Å²) >= 11 is 1.95. The van der Waals surface area contributed by atoms with Crippen molar-refractivity contribution in [1.29, 1.82) is 0 Å². The third-order valence-corrected chi connectivity index (χ3v) is 4.63. The maximum Gasteiger partial charge on any atom is 0.414 e. The van der Waals surface area contributed by atoms with Crippen LogP contribution in [-0.2, 0) is 26.7 Å². The Bertz CT molecular complexity index is 780. The first-order valence-electron chi connectivity index (χ1n) is 8.94. The third kappa shape index (κ3) is 11.6. The van der Waals surface area contributed by atoms with E-state index in [-0.39, 0.29) is 5.91 Å². The lowest BCUT2D eigenvalue weighted by atomic mass is 10.2. The second-order valence-electron chi connectivity index (χ2n) is 6.20. The highest BCUT2D eigenvalue weighted by molar-refractivity contribution is 7.98. The van der Waals surface area contributed by atoms with Crippen molar-refractivity contribution in [3.05, 3.63) is 65.2 Å². The Labute approximate surface area is 174 Å². The molecule has 0 bridgehead atoms. The molecule has 0 saturated carbocycles. The lowest BCUT2D eigenvalue weighted by Crippen LogP contribution is -2.16. The number of aryl methyl sites for hydroxylation is 1. The van der Waals surface area contributed by atoms with Crippen LogP contribution in [0.1, 0.15) is 23.6 Å². The Balaban J connectivity index is 0.000000612. The molecule has 0 aliphatic rings. The number of aliphatic carboxylic acids is 2. The molecule has 0 aliphatic carbocycles. The molecule has 0 unspecified atom stereocenters. The van der Waals surface area contributed by atoms with E-state index < -0.39 is 11.9 Å². The fourth-order valence-electron chi connectivity index (χ4n) is 2.16. The second-order valence-corrected chi connectivity index (χ2v) is 7.31. The van der Waals surface area contributed by atoms with Gasteiger partial charge in [0.1, 0.15) is 0 Å². The number of benzene rings is 2. The highest BCUT2D eigenvalue weighted by Gasteiger charge is 2.04. The first-order valence-corrected chi connectivity index (χ1v) is 10.1. The molecule has 2 aromatic rings. The molecule has 7 nitrogen and oxygen atoms in total. The summed E-state index contributed by atoms with van der Waals surface area (Å²) < 4.78 is 0. The SMILES string of the molecule is CC(=O)Nc1ccc(CNCCSCc2ccc(C)cc2)cc1.O=C(O)C(=O)O. The van der Waals surface area contributed by atoms with E-state index in [1.807, 2.05) is 36.0 Å². The number of thioether (sulfide) groups is 1. The van der Waals surface area contributed by atoms with Crippen molar-refractivity contribution in [3.8, 4) is 0 Å². The topological polar surface area (TPSA) is 116 Å². The lowest BCUT2D eigenvalue weighted by molar-refractivity contribution is -0.159. The minimum absolute atomic E-state index is 0.0403. The normalized spacial score (nSPS) is 9.86. The zero-order chi connectivity index (χ0) is 21.6. The van der Waals surface area contributed by atoms with Gasteiger partial charge in [0, 0.05) is 37.2 Å². The Kier molecular flexibility index (Phi) is 11.1. The number of carboxylic acid groups (broad SMARTS) is 2. The van der Waals surface area contributed by atoms with E-state index in [1.54, 1.807) is 0 Å². The van der Waals surface area contributed by atoms with E-state index in [0.717, 1.165) is 30.3 Å². The summed E-state index contributed by atoms with van der Waals surface area (Å²) in [6, 6.07) is 16.7. The molecule has 4 N–H and O–H groups in total. The van der Waals surface area contributed by atoms with E-state index in [1.165, 1.54) is 23.6 Å². The molecule has 0 saturated heterocycles. The summed E-state index contributed by atoms with van der Waals surface area (Å²) in [6.45, 7) is 5.47. The molecule has 0 heterocycles. The van der Waals surface area contributed by atoms with Crippen molar-refractivity contribution in [2.45, 2.75) is 26.1 Å². The van der Waals surface area contributed by atoms with Crippen LogP contribution in [0.3, 0.4) is 0 Å². The van der Waals surface area contributed by atoms with E-state index in [2.05, 4.69) is 41.8 Å². The van der Waals surface area contributed by atoms with E-state index in [9.17, 15) is 4.79 Å². The van der Waals surface area contributed by atoms with Gasteiger partial charge in [0.2, 0.25) is 5.91 Å². The van der Waals surface area contributed by atoms with Gasteiger partial charge in [-0.3, -0.25) is 4.79 Å². The number of hydrogen-bond acceptors (Lipinski definition) is 5. The molecule has 2 aromatic carbocycles. The standard InChI is InChI=1S/C19H24N2OS.C2H2O4/c1-15-3-5-18(6-4-15)14-23-12-11-20-13-17-7-9-19(10-8-17)21-16(2)22;3-1(4)2(5)6/h3-10,20H,11-14H2,1-2H3,(H,21,22);(H,3,4)(H,5,6). The molecule has 156 valence electrons. The minimum Gasteiger partial charge on any atom is -0.473 e. The number of anilines is 1. The molecule has 0 aromatic heterocycles. The van der Waals surface area contributed by atoms with Gasteiger partial charge in [0.25, 0.3) is 0 Å². The van der Waals surface area contributed by atoms with Crippen molar-refractivity contribution in [1.82, 2.24) is 5.32 Å². The average molecular weight is 419 g/mol. The van der Waals surface area contributed by atoms with Crippen molar-refractivity contribution < 1.29 is 24.6 Å². The Morgan fingerprint density at radius 3 is 1.97 bits per heavy atom. The van der Waals surface area contributed by atoms with E-state index >= 15 is 0 Å². The smallest absolute Gasteiger partial charge is 0.414 e. The van der Waals surface area contributed by atoms with Gasteiger partial charge >= 0.3 is 11.9 Å². The van der Waals surface area contributed by atoms with Crippen LogP contribution in [0.15, 0.2) is 48.5 Å². The van der Waals surface area contributed by atoms with E-state index in [4.69, 9.17) is 19.8 Å². The van der Waals surface area contributed by atoms with Crippen LogP contribution in [-0.4, -0.2) is 40.4 Å². The quantitative estimate of drug-likeness (QED) is 0.384. The molecule has 0 aliphatic heterocycles. The minimum atomic E-state index is -1.82. The van der Waals surface area contributed by atoms with E-state index in [0.29, 0.717) is 0 Å². The van der Waals surface area contributed by atoms with Crippen LogP contribution in [0, 0.1) is 6.92 Å². The zero-order valence-corrected chi connectivity index (χ0v) is 17.3. The first-order chi connectivity index (χ1) is 13.8. The maximum absolute atomic E-state index is 11.0. The fraction of sp³-hybridized carbons (Fsp3) is 0.286. The van der Waals surface area contributed by atoms with Crippen LogP contribution in [0.25, 0.3) is 0 Å². The Hall–Kier alpha value is -2.84. The van der Waals surface area contributed by atoms with Crippen LogP contribution < -0.4 is 10.6 Å². The molecule has 29 heavy (non-hydrogen) atoms. The van der Waals surface area contributed by atoms with Crippen molar-refractivity contribution in [3.63, 3.8) is 0 Å². The van der Waals surface area contributed by atoms with Crippen molar-refractivity contribution >= 4 is 35.3 Å². The number of carbonyl (C=O) groups excluding carboxylic acids is 1. The summed E-state index contributed by atoms with van der Waals surface area (Å²) in [7, 11) is 0. The highest BCUT2D eigenvalue weighted by Crippen LogP contribution is 2.12. The molecular weight excluding hydrogens is 392 g/mol. The van der Waals surface area contributed by atoms with Crippen molar-refractivity contribution in [2.24, 2.45) is 0 Å². The van der Waals surface area contributed by atoms with Gasteiger partial charge in [-0.15, -0.1) is 0 Å². The van der Waals surface area contributed by atoms with Gasteiger partial charge in [0.15, 0.2) is 0 Å². The van der Waals surface area contributed by atoms with Gasteiger partial charge in [-0.25, -0.2) is 9.59 Å². The van der Waals surface area contributed by atoms with Gasteiger partial charge < -0.3 is 20.8 Å². The van der Waals surface area contributed by atoms with Crippen molar-refractivity contribution in [2.75, 3.05) is 17.6 Å². The molecule has 0 radical (unpaired) electrons.